The first kappa shape index (κ1) is 22.4. The quantitative estimate of drug-likeness (QED) is 0.397. The number of nitro groups is 1. The largest absolute Gasteiger partial charge is 0.362 e. The Morgan fingerprint density at radius 1 is 1.26 bits per heavy atom. The number of pyridine rings is 1. The van der Waals surface area contributed by atoms with Crippen LogP contribution in [0.2, 0.25) is 10.0 Å². The Balaban J connectivity index is 1.82. The smallest absolute Gasteiger partial charge is 0.312 e. The molecule has 2 aromatic heterocycles. The SMILES string of the molecule is CCC(CNc1ncc(Cl)cc1[N+](=O)[O-])N(C)C(=O)c1cc(Cl)ccc1-n1nccn1. The monoisotopic (exact) mass is 463 g/mol. The lowest BCUT2D eigenvalue weighted by Crippen LogP contribution is -2.41. The number of likely N-dealkylation sites (N-methyl/N-ethyl adjacent to an activating group) is 1. The molecular formula is C19H19Cl2N7O3. The highest BCUT2D eigenvalue weighted by atomic mass is 35.5. The van der Waals surface area contributed by atoms with Crippen LogP contribution in [-0.4, -0.2) is 55.3 Å². The maximum Gasteiger partial charge on any atom is 0.312 e. The van der Waals surface area contributed by atoms with Crippen molar-refractivity contribution in [2.75, 3.05) is 18.9 Å². The Morgan fingerprint density at radius 3 is 2.61 bits per heavy atom. The van der Waals surface area contributed by atoms with Gasteiger partial charge in [0.25, 0.3) is 5.91 Å². The molecule has 0 saturated carbocycles. The van der Waals surface area contributed by atoms with Crippen molar-refractivity contribution in [2.24, 2.45) is 0 Å². The number of rotatable bonds is 8. The van der Waals surface area contributed by atoms with Gasteiger partial charge in [-0.3, -0.25) is 14.9 Å². The molecular weight excluding hydrogens is 445 g/mol. The molecule has 0 bridgehead atoms. The molecule has 0 fully saturated rings. The number of carbonyl (C=O) groups is 1. The Morgan fingerprint density at radius 2 is 1.97 bits per heavy atom. The molecule has 10 nitrogen and oxygen atoms in total. The molecule has 0 radical (unpaired) electrons. The fourth-order valence-corrected chi connectivity index (χ4v) is 3.35. The number of hydrogen-bond donors (Lipinski definition) is 1. The summed E-state index contributed by atoms with van der Waals surface area (Å²) >= 11 is 11.9. The van der Waals surface area contributed by atoms with Crippen LogP contribution < -0.4 is 5.32 Å². The second-order valence-corrected chi connectivity index (χ2v) is 7.49. The summed E-state index contributed by atoms with van der Waals surface area (Å²) in [5.41, 5.74) is 0.586. The minimum Gasteiger partial charge on any atom is -0.362 e. The number of hydrogen-bond acceptors (Lipinski definition) is 7. The predicted octanol–water partition coefficient (Wildman–Crippen LogP) is 3.84. The number of benzene rings is 1. The van der Waals surface area contributed by atoms with Crippen molar-refractivity contribution in [3.8, 4) is 5.69 Å². The first-order valence-corrected chi connectivity index (χ1v) is 10.0. The third kappa shape index (κ3) is 5.09. The molecule has 31 heavy (non-hydrogen) atoms. The van der Waals surface area contributed by atoms with Crippen LogP contribution in [0.4, 0.5) is 11.5 Å². The van der Waals surface area contributed by atoms with Crippen molar-refractivity contribution in [3.63, 3.8) is 0 Å². The van der Waals surface area contributed by atoms with E-state index in [4.69, 9.17) is 23.2 Å². The van der Waals surface area contributed by atoms with Crippen LogP contribution in [-0.2, 0) is 0 Å². The van der Waals surface area contributed by atoms with Gasteiger partial charge in [0, 0.05) is 36.9 Å². The van der Waals surface area contributed by atoms with E-state index in [2.05, 4.69) is 20.5 Å². The molecule has 3 rings (SSSR count). The molecule has 1 atom stereocenters. The number of nitrogens with one attached hydrogen (secondary N) is 1. The molecule has 1 unspecified atom stereocenters. The molecule has 0 spiro atoms. The van der Waals surface area contributed by atoms with E-state index in [1.165, 1.54) is 29.5 Å². The molecule has 3 aromatic rings. The number of nitrogens with zero attached hydrogens (tertiary/aromatic N) is 6. The highest BCUT2D eigenvalue weighted by Gasteiger charge is 2.25. The van der Waals surface area contributed by atoms with Crippen molar-refractivity contribution in [1.29, 1.82) is 0 Å². The van der Waals surface area contributed by atoms with E-state index in [1.807, 2.05) is 6.92 Å². The molecule has 1 aromatic carbocycles. The topological polar surface area (TPSA) is 119 Å². The molecule has 162 valence electrons. The van der Waals surface area contributed by atoms with Crippen LogP contribution in [0.15, 0.2) is 42.9 Å². The van der Waals surface area contributed by atoms with Gasteiger partial charge in [0.15, 0.2) is 0 Å². The number of amides is 1. The van der Waals surface area contributed by atoms with Crippen molar-refractivity contribution >= 4 is 40.6 Å². The third-order valence-corrected chi connectivity index (χ3v) is 5.14. The summed E-state index contributed by atoms with van der Waals surface area (Å²) in [6.45, 7) is 2.15. The Kier molecular flexibility index (Phi) is 7.03. The lowest BCUT2D eigenvalue weighted by Gasteiger charge is -2.28. The van der Waals surface area contributed by atoms with Crippen molar-refractivity contribution in [1.82, 2.24) is 24.9 Å². The van der Waals surface area contributed by atoms with Gasteiger partial charge in [-0.1, -0.05) is 30.1 Å². The molecule has 1 N–H and O–H groups in total. The minimum absolute atomic E-state index is 0.0814. The van der Waals surface area contributed by atoms with Gasteiger partial charge >= 0.3 is 5.69 Å². The van der Waals surface area contributed by atoms with E-state index >= 15 is 0 Å². The second kappa shape index (κ2) is 9.71. The summed E-state index contributed by atoms with van der Waals surface area (Å²) in [4.78, 5) is 30.9. The minimum atomic E-state index is -0.563. The predicted molar refractivity (Wildman–Crippen MR) is 117 cm³/mol. The van der Waals surface area contributed by atoms with E-state index in [0.29, 0.717) is 22.7 Å². The van der Waals surface area contributed by atoms with Crippen molar-refractivity contribution < 1.29 is 9.72 Å². The standard InChI is InChI=1S/C19H19Cl2N7O3/c1-3-14(11-23-18-17(28(30)31)9-13(21)10-22-18)26(2)19(29)15-8-12(20)4-5-16(15)27-24-6-7-25-27/h4-10,14H,3,11H2,1-2H3,(H,22,23). The van der Waals surface area contributed by atoms with Crippen molar-refractivity contribution in [3.05, 3.63) is 68.6 Å². The number of aromatic nitrogens is 4. The van der Waals surface area contributed by atoms with Gasteiger partial charge in [-0.05, 0) is 24.6 Å². The molecule has 0 aliphatic heterocycles. The van der Waals surface area contributed by atoms with E-state index in [-0.39, 0.29) is 35.0 Å². The van der Waals surface area contributed by atoms with Gasteiger partial charge < -0.3 is 10.2 Å². The Labute approximate surface area is 187 Å². The van der Waals surface area contributed by atoms with Gasteiger partial charge in [0.1, 0.15) is 0 Å². The summed E-state index contributed by atoms with van der Waals surface area (Å²) in [5.74, 6) is -0.208. The second-order valence-electron chi connectivity index (χ2n) is 6.62. The van der Waals surface area contributed by atoms with Gasteiger partial charge in [-0.25, -0.2) is 4.98 Å². The van der Waals surface area contributed by atoms with E-state index < -0.39 is 4.92 Å². The molecule has 1 amide bonds. The summed E-state index contributed by atoms with van der Waals surface area (Å²) in [6, 6.07) is 5.82. The lowest BCUT2D eigenvalue weighted by molar-refractivity contribution is -0.384. The Hall–Kier alpha value is -3.24. The zero-order valence-electron chi connectivity index (χ0n) is 16.7. The average molecular weight is 464 g/mol. The number of carbonyl (C=O) groups excluding carboxylic acids is 1. The third-order valence-electron chi connectivity index (χ3n) is 4.70. The van der Waals surface area contributed by atoms with Crippen LogP contribution in [0.5, 0.6) is 0 Å². The normalized spacial score (nSPS) is 11.7. The fourth-order valence-electron chi connectivity index (χ4n) is 3.02. The van der Waals surface area contributed by atoms with Crippen LogP contribution in [0.25, 0.3) is 5.69 Å². The van der Waals surface area contributed by atoms with Gasteiger partial charge in [0.05, 0.1) is 33.6 Å². The summed E-state index contributed by atoms with van der Waals surface area (Å²) < 4.78 is 0. The number of halogens is 2. The molecule has 0 aliphatic rings. The molecule has 0 aliphatic carbocycles. The van der Waals surface area contributed by atoms with Crippen LogP contribution >= 0.6 is 23.2 Å². The first-order chi connectivity index (χ1) is 14.8. The highest BCUT2D eigenvalue weighted by Crippen LogP contribution is 2.26. The van der Waals surface area contributed by atoms with E-state index in [9.17, 15) is 14.9 Å². The lowest BCUT2D eigenvalue weighted by atomic mass is 10.1. The van der Waals surface area contributed by atoms with Crippen LogP contribution in [0, 0.1) is 10.1 Å². The van der Waals surface area contributed by atoms with Gasteiger partial charge in [-0.15, -0.1) is 0 Å². The zero-order valence-corrected chi connectivity index (χ0v) is 18.2. The first-order valence-electron chi connectivity index (χ1n) is 9.29. The number of anilines is 1. The Bertz CT molecular complexity index is 1090. The van der Waals surface area contributed by atoms with Crippen LogP contribution in [0.1, 0.15) is 23.7 Å². The maximum absolute atomic E-state index is 13.3. The van der Waals surface area contributed by atoms with Gasteiger partial charge in [0.2, 0.25) is 5.82 Å². The molecule has 12 heteroatoms. The molecule has 2 heterocycles. The summed E-state index contributed by atoms with van der Waals surface area (Å²) in [6.07, 6.45) is 4.93. The molecule has 0 saturated heterocycles. The fraction of sp³-hybridized carbons (Fsp3) is 0.263. The van der Waals surface area contributed by atoms with Crippen molar-refractivity contribution in [2.45, 2.75) is 19.4 Å². The highest BCUT2D eigenvalue weighted by molar-refractivity contribution is 6.31. The van der Waals surface area contributed by atoms with Gasteiger partial charge in [-0.2, -0.15) is 15.0 Å². The van der Waals surface area contributed by atoms with E-state index in [0.717, 1.165) is 0 Å². The zero-order chi connectivity index (χ0) is 22.5. The summed E-state index contributed by atoms with van der Waals surface area (Å²) in [7, 11) is 1.66. The average Bonchev–Trinajstić information content (AvgIpc) is 3.28. The van der Waals surface area contributed by atoms with Crippen LogP contribution in [0.3, 0.4) is 0 Å². The van der Waals surface area contributed by atoms with E-state index in [1.54, 1.807) is 30.1 Å². The summed E-state index contributed by atoms with van der Waals surface area (Å²) in [5, 5.41) is 23.0. The maximum atomic E-state index is 13.3.